The summed E-state index contributed by atoms with van der Waals surface area (Å²) in [5.74, 6) is 0.646. The first-order valence-electron chi connectivity index (χ1n) is 7.53. The number of anilines is 1. The van der Waals surface area contributed by atoms with E-state index in [-0.39, 0.29) is 13.2 Å². The lowest BCUT2D eigenvalue weighted by Gasteiger charge is -2.28. The molecule has 6 nitrogen and oxygen atoms in total. The van der Waals surface area contributed by atoms with Crippen LogP contribution in [0, 0.1) is 0 Å². The largest absolute Gasteiger partial charge is 0.497 e. The van der Waals surface area contributed by atoms with E-state index in [0.29, 0.717) is 17.0 Å². The van der Waals surface area contributed by atoms with Gasteiger partial charge in [0.25, 0.3) is 0 Å². The van der Waals surface area contributed by atoms with E-state index in [4.69, 9.17) is 9.47 Å². The fourth-order valence-corrected chi connectivity index (χ4v) is 2.33. The van der Waals surface area contributed by atoms with E-state index in [9.17, 15) is 9.90 Å². The minimum Gasteiger partial charge on any atom is -0.497 e. The molecule has 2 aromatic rings. The molecule has 6 heteroatoms. The Morgan fingerprint density at radius 3 is 2.54 bits per heavy atom. The van der Waals surface area contributed by atoms with Crippen molar-refractivity contribution < 1.29 is 19.4 Å². The van der Waals surface area contributed by atoms with Crippen LogP contribution in [0.3, 0.4) is 0 Å². The summed E-state index contributed by atoms with van der Waals surface area (Å²) in [6.07, 6.45) is 0. The Morgan fingerprint density at radius 2 is 1.88 bits per heavy atom. The van der Waals surface area contributed by atoms with Gasteiger partial charge in [0.1, 0.15) is 11.4 Å². The standard InChI is InChI=1S/C18H22N2O4/c1-23-13-18(22,14-7-4-3-5-8-14)12-19-17(21)20-15-9-6-10-16(11-15)24-2/h3-11,22H,12-13H2,1-2H3,(H2,19,20,21)/t18-/m0/s1. The Hall–Kier alpha value is -2.57. The predicted molar refractivity (Wildman–Crippen MR) is 92.2 cm³/mol. The van der Waals surface area contributed by atoms with Crippen molar-refractivity contribution in [1.82, 2.24) is 5.32 Å². The monoisotopic (exact) mass is 330 g/mol. The molecule has 128 valence electrons. The first-order chi connectivity index (χ1) is 11.6. The van der Waals surface area contributed by atoms with Crippen LogP contribution < -0.4 is 15.4 Å². The molecule has 0 fully saturated rings. The second kappa shape index (κ2) is 8.33. The Morgan fingerprint density at radius 1 is 1.12 bits per heavy atom. The Labute approximate surface area is 141 Å². The van der Waals surface area contributed by atoms with Crippen LogP contribution in [-0.4, -0.2) is 38.5 Å². The molecule has 0 saturated heterocycles. The van der Waals surface area contributed by atoms with Crippen LogP contribution in [0.25, 0.3) is 0 Å². The molecule has 0 heterocycles. The highest BCUT2D eigenvalue weighted by atomic mass is 16.5. The molecular weight excluding hydrogens is 308 g/mol. The van der Waals surface area contributed by atoms with Crippen molar-refractivity contribution in [2.45, 2.75) is 5.60 Å². The van der Waals surface area contributed by atoms with Gasteiger partial charge in [-0.15, -0.1) is 0 Å². The van der Waals surface area contributed by atoms with Crippen LogP contribution in [0.2, 0.25) is 0 Å². The maximum absolute atomic E-state index is 12.1. The molecule has 2 rings (SSSR count). The lowest BCUT2D eigenvalue weighted by atomic mass is 9.94. The van der Waals surface area contributed by atoms with Crippen molar-refractivity contribution >= 4 is 11.7 Å². The van der Waals surface area contributed by atoms with Crippen molar-refractivity contribution in [3.8, 4) is 5.75 Å². The number of hydrogen-bond donors (Lipinski definition) is 3. The third-order valence-corrected chi connectivity index (χ3v) is 3.56. The molecule has 0 aliphatic rings. The fraction of sp³-hybridized carbons (Fsp3) is 0.278. The topological polar surface area (TPSA) is 79.8 Å². The molecule has 0 aliphatic heterocycles. The van der Waals surface area contributed by atoms with Gasteiger partial charge < -0.3 is 25.2 Å². The third kappa shape index (κ3) is 4.71. The number of urea groups is 1. The van der Waals surface area contributed by atoms with Crippen LogP contribution in [0.15, 0.2) is 54.6 Å². The van der Waals surface area contributed by atoms with Gasteiger partial charge in [-0.25, -0.2) is 4.79 Å². The molecule has 0 saturated carbocycles. The van der Waals surface area contributed by atoms with Crippen molar-refractivity contribution in [2.75, 3.05) is 32.7 Å². The number of amides is 2. The summed E-state index contributed by atoms with van der Waals surface area (Å²) >= 11 is 0. The molecule has 0 aliphatic carbocycles. The van der Waals surface area contributed by atoms with Gasteiger partial charge in [-0.1, -0.05) is 36.4 Å². The van der Waals surface area contributed by atoms with Gasteiger partial charge in [0.05, 0.1) is 20.3 Å². The highest BCUT2D eigenvalue weighted by Crippen LogP contribution is 2.21. The summed E-state index contributed by atoms with van der Waals surface area (Å²) in [5, 5.41) is 16.2. The summed E-state index contributed by atoms with van der Waals surface area (Å²) in [6, 6.07) is 15.7. The highest BCUT2D eigenvalue weighted by molar-refractivity contribution is 5.89. The van der Waals surface area contributed by atoms with E-state index in [2.05, 4.69) is 10.6 Å². The SMILES string of the molecule is COC[C@@](O)(CNC(=O)Nc1cccc(OC)c1)c1ccccc1. The van der Waals surface area contributed by atoms with Crippen LogP contribution in [0.4, 0.5) is 10.5 Å². The second-order valence-corrected chi connectivity index (χ2v) is 5.37. The summed E-state index contributed by atoms with van der Waals surface area (Å²) < 4.78 is 10.2. The molecular formula is C18H22N2O4. The quantitative estimate of drug-likeness (QED) is 0.728. The number of nitrogens with one attached hydrogen (secondary N) is 2. The predicted octanol–water partition coefficient (Wildman–Crippen LogP) is 2.35. The zero-order valence-electron chi connectivity index (χ0n) is 13.8. The molecule has 3 N–H and O–H groups in total. The summed E-state index contributed by atoms with van der Waals surface area (Å²) in [6.45, 7) is 0.0805. The molecule has 0 spiro atoms. The first-order valence-corrected chi connectivity index (χ1v) is 7.53. The zero-order chi connectivity index (χ0) is 17.4. The lowest BCUT2D eigenvalue weighted by Crippen LogP contribution is -2.45. The normalized spacial score (nSPS) is 13.0. The van der Waals surface area contributed by atoms with E-state index in [1.54, 1.807) is 43.5 Å². The van der Waals surface area contributed by atoms with Gasteiger partial charge in [0.2, 0.25) is 0 Å². The molecule has 0 aromatic heterocycles. The Bertz CT molecular complexity index is 663. The van der Waals surface area contributed by atoms with Crippen molar-refractivity contribution in [3.63, 3.8) is 0 Å². The number of carbonyl (C=O) groups is 1. The second-order valence-electron chi connectivity index (χ2n) is 5.37. The van der Waals surface area contributed by atoms with Crippen LogP contribution in [-0.2, 0) is 10.3 Å². The van der Waals surface area contributed by atoms with Crippen LogP contribution in [0.1, 0.15) is 5.56 Å². The number of hydrogen-bond acceptors (Lipinski definition) is 4. The zero-order valence-corrected chi connectivity index (χ0v) is 13.8. The molecule has 24 heavy (non-hydrogen) atoms. The molecule has 1 atom stereocenters. The average Bonchev–Trinajstić information content (AvgIpc) is 2.61. The molecule has 2 amide bonds. The average molecular weight is 330 g/mol. The van der Waals surface area contributed by atoms with E-state index >= 15 is 0 Å². The van der Waals surface area contributed by atoms with E-state index in [1.807, 2.05) is 18.2 Å². The number of ether oxygens (including phenoxy) is 2. The summed E-state index contributed by atoms with van der Waals surface area (Å²) in [4.78, 5) is 12.1. The van der Waals surface area contributed by atoms with Gasteiger partial charge in [0, 0.05) is 18.9 Å². The number of methoxy groups -OCH3 is 2. The molecule has 0 unspecified atom stereocenters. The van der Waals surface area contributed by atoms with Gasteiger partial charge in [-0.2, -0.15) is 0 Å². The maximum atomic E-state index is 12.1. The lowest BCUT2D eigenvalue weighted by molar-refractivity contribution is -0.0324. The number of carbonyl (C=O) groups excluding carboxylic acids is 1. The molecule has 0 radical (unpaired) electrons. The van der Waals surface area contributed by atoms with Gasteiger partial charge >= 0.3 is 6.03 Å². The van der Waals surface area contributed by atoms with Crippen molar-refractivity contribution in [3.05, 3.63) is 60.2 Å². The van der Waals surface area contributed by atoms with Crippen molar-refractivity contribution in [2.24, 2.45) is 0 Å². The van der Waals surface area contributed by atoms with Crippen LogP contribution in [0.5, 0.6) is 5.75 Å². The van der Waals surface area contributed by atoms with Gasteiger partial charge in [0.15, 0.2) is 0 Å². The van der Waals surface area contributed by atoms with Crippen molar-refractivity contribution in [1.29, 1.82) is 0 Å². The van der Waals surface area contributed by atoms with Gasteiger partial charge in [-0.05, 0) is 17.7 Å². The Kier molecular flexibility index (Phi) is 6.17. The molecule has 0 bridgehead atoms. The number of benzene rings is 2. The van der Waals surface area contributed by atoms with Gasteiger partial charge in [-0.3, -0.25) is 0 Å². The number of rotatable bonds is 7. The van der Waals surface area contributed by atoms with E-state index < -0.39 is 11.6 Å². The van der Waals surface area contributed by atoms with E-state index in [0.717, 1.165) is 0 Å². The smallest absolute Gasteiger partial charge is 0.319 e. The third-order valence-electron chi connectivity index (χ3n) is 3.56. The Balaban J connectivity index is 1.99. The minimum atomic E-state index is -1.30. The number of aliphatic hydroxyl groups is 1. The van der Waals surface area contributed by atoms with Crippen LogP contribution >= 0.6 is 0 Å². The first kappa shape index (κ1) is 17.8. The fourth-order valence-electron chi connectivity index (χ4n) is 2.33. The summed E-state index contributed by atoms with van der Waals surface area (Å²) in [7, 11) is 3.06. The highest BCUT2D eigenvalue weighted by Gasteiger charge is 2.29. The summed E-state index contributed by atoms with van der Waals surface area (Å²) in [5.41, 5.74) is -0.0303. The maximum Gasteiger partial charge on any atom is 0.319 e. The van der Waals surface area contributed by atoms with E-state index in [1.165, 1.54) is 7.11 Å². The molecule has 2 aromatic carbocycles. The minimum absolute atomic E-state index is 0.0145.